The van der Waals surface area contributed by atoms with E-state index < -0.39 is 29.2 Å². The van der Waals surface area contributed by atoms with Crippen molar-refractivity contribution < 1.29 is 27.9 Å². The molecule has 2 aromatic heterocycles. The van der Waals surface area contributed by atoms with Gasteiger partial charge in [0, 0.05) is 36.7 Å². The zero-order chi connectivity index (χ0) is 31.4. The van der Waals surface area contributed by atoms with E-state index in [4.69, 9.17) is 0 Å². The number of benzene rings is 1. The van der Waals surface area contributed by atoms with E-state index in [0.29, 0.717) is 34.7 Å². The average Bonchev–Trinajstić information content (AvgIpc) is 3.00. The molecule has 0 fully saturated rings. The van der Waals surface area contributed by atoms with Gasteiger partial charge in [-0.25, -0.2) is 9.98 Å². The van der Waals surface area contributed by atoms with Crippen molar-refractivity contribution in [1.82, 2.24) is 20.5 Å². The maximum Gasteiger partial charge on any atom is 0.418 e. The molecule has 14 heteroatoms. The van der Waals surface area contributed by atoms with Gasteiger partial charge in [-0.1, -0.05) is 19.1 Å². The summed E-state index contributed by atoms with van der Waals surface area (Å²) < 4.78 is 39.1. The van der Waals surface area contributed by atoms with Crippen molar-refractivity contribution in [1.29, 1.82) is 0 Å². The predicted molar refractivity (Wildman–Crippen MR) is 154 cm³/mol. The molecular formula is C28H31F3N8O3. The Balaban J connectivity index is 0.00000301. The van der Waals surface area contributed by atoms with E-state index >= 15 is 0 Å². The topological polar surface area (TPSA) is 168 Å². The highest BCUT2D eigenvalue weighted by Gasteiger charge is 2.32. The summed E-state index contributed by atoms with van der Waals surface area (Å²) in [4.78, 5) is 37.5. The summed E-state index contributed by atoms with van der Waals surface area (Å²) in [6.45, 7) is 6.99. The quantitative estimate of drug-likeness (QED) is 0.232. The normalized spacial score (nSPS) is 12.5. The van der Waals surface area contributed by atoms with Crippen LogP contribution < -0.4 is 16.4 Å². The second-order valence-electron chi connectivity index (χ2n) is 8.63. The van der Waals surface area contributed by atoms with E-state index in [1.54, 1.807) is 44.2 Å². The summed E-state index contributed by atoms with van der Waals surface area (Å²) in [6, 6.07) is 8.56. The van der Waals surface area contributed by atoms with E-state index in [1.807, 2.05) is 0 Å². The van der Waals surface area contributed by atoms with Crippen molar-refractivity contribution in [3.63, 3.8) is 0 Å². The first-order valence-corrected chi connectivity index (χ1v) is 12.4. The van der Waals surface area contributed by atoms with Crippen molar-refractivity contribution in [2.24, 2.45) is 21.6 Å². The number of aliphatic hydroxyl groups is 1. The molecule has 0 radical (unpaired) electrons. The number of aliphatic imine (C=N–C) groups is 2. The molecule has 0 aliphatic rings. The Kier molecular flexibility index (Phi) is 12.1. The minimum atomic E-state index is -4.68. The van der Waals surface area contributed by atoms with Gasteiger partial charge in [0.15, 0.2) is 11.5 Å². The van der Waals surface area contributed by atoms with E-state index in [2.05, 4.69) is 48.3 Å². The smallest absolute Gasteiger partial charge is 0.396 e. The first-order chi connectivity index (χ1) is 20.0. The van der Waals surface area contributed by atoms with Crippen LogP contribution in [0.5, 0.6) is 0 Å². The number of hydrogen-bond donors (Lipinski definition) is 4. The Bertz CT molecular complexity index is 1490. The lowest BCUT2D eigenvalue weighted by Crippen LogP contribution is -2.19. The molecule has 2 amide bonds. The van der Waals surface area contributed by atoms with Crippen LogP contribution in [0.2, 0.25) is 0 Å². The fourth-order valence-corrected chi connectivity index (χ4v) is 3.43. The lowest BCUT2D eigenvalue weighted by Gasteiger charge is -2.12. The first-order valence-electron chi connectivity index (χ1n) is 12.4. The number of nitrogens with one attached hydrogen (secondary N) is 2. The van der Waals surface area contributed by atoms with Crippen molar-refractivity contribution in [2.75, 3.05) is 26.0 Å². The molecule has 0 unspecified atom stereocenters. The maximum absolute atomic E-state index is 13.0. The summed E-state index contributed by atoms with van der Waals surface area (Å²) in [6.07, 6.45) is -1.01. The Morgan fingerprint density at radius 2 is 1.86 bits per heavy atom. The van der Waals surface area contributed by atoms with Crippen molar-refractivity contribution >= 4 is 35.8 Å². The number of halogens is 3. The fourth-order valence-electron chi connectivity index (χ4n) is 3.43. The number of amides is 2. The zero-order valence-electron chi connectivity index (χ0n) is 23.4. The number of rotatable bonds is 8. The third kappa shape index (κ3) is 8.84. The van der Waals surface area contributed by atoms with Crippen LogP contribution in [-0.2, 0) is 6.18 Å². The molecular weight excluding hydrogens is 553 g/mol. The van der Waals surface area contributed by atoms with Gasteiger partial charge < -0.3 is 21.5 Å². The van der Waals surface area contributed by atoms with Gasteiger partial charge >= 0.3 is 6.18 Å². The number of alkyl halides is 3. The number of nitrogens with zero attached hydrogens (tertiary/aromatic N) is 5. The van der Waals surface area contributed by atoms with Crippen molar-refractivity contribution in [2.45, 2.75) is 20.0 Å². The van der Waals surface area contributed by atoms with Gasteiger partial charge in [-0.3, -0.25) is 14.6 Å². The molecule has 0 aliphatic heterocycles. The van der Waals surface area contributed by atoms with Crippen molar-refractivity contribution in [3.05, 3.63) is 88.5 Å². The molecule has 0 aliphatic carbocycles. The fraction of sp³-hybridized carbons (Fsp3) is 0.250. The van der Waals surface area contributed by atoms with E-state index in [-0.39, 0.29) is 29.7 Å². The van der Waals surface area contributed by atoms with Gasteiger partial charge in [-0.05, 0) is 62.5 Å². The third-order valence-electron chi connectivity index (χ3n) is 5.57. The van der Waals surface area contributed by atoms with Crippen LogP contribution >= 0.6 is 0 Å². The highest BCUT2D eigenvalue weighted by molar-refractivity contribution is 6.07. The van der Waals surface area contributed by atoms with E-state index in [9.17, 15) is 27.9 Å². The molecule has 0 spiro atoms. The number of aliphatic hydroxyl groups excluding tert-OH is 1. The predicted octanol–water partition coefficient (Wildman–Crippen LogP) is 3.50. The van der Waals surface area contributed by atoms with Crippen LogP contribution in [0.15, 0.2) is 64.9 Å². The van der Waals surface area contributed by atoms with Crippen LogP contribution in [0.1, 0.15) is 50.2 Å². The molecule has 0 saturated carbocycles. The summed E-state index contributed by atoms with van der Waals surface area (Å²) in [5.74, 6) is -1.44. The number of nitrogens with two attached hydrogens (primary N) is 1. The number of aromatic nitrogens is 3. The molecule has 3 rings (SSSR count). The molecule has 0 bridgehead atoms. The number of aryl methyl sites for hydroxylation is 1. The minimum Gasteiger partial charge on any atom is -0.396 e. The van der Waals surface area contributed by atoms with Crippen LogP contribution in [0.4, 0.5) is 18.9 Å². The second kappa shape index (κ2) is 15.3. The first kappa shape index (κ1) is 33.4. The van der Waals surface area contributed by atoms with E-state index in [1.165, 1.54) is 26.4 Å². The number of carbonyl (C=O) groups is 2. The van der Waals surface area contributed by atoms with Gasteiger partial charge in [0.05, 0.1) is 17.5 Å². The molecule has 1 aromatic carbocycles. The second-order valence-corrected chi connectivity index (χ2v) is 8.63. The molecule has 1 atom stereocenters. The minimum absolute atomic E-state index is 0.155. The molecule has 222 valence electrons. The van der Waals surface area contributed by atoms with Crippen LogP contribution in [0, 0.1) is 12.8 Å². The Hall–Kier alpha value is -4.82. The van der Waals surface area contributed by atoms with Gasteiger partial charge in [-0.2, -0.15) is 18.3 Å². The van der Waals surface area contributed by atoms with E-state index in [0.717, 1.165) is 0 Å². The zero-order valence-corrected chi connectivity index (χ0v) is 23.4. The Morgan fingerprint density at radius 3 is 2.48 bits per heavy atom. The third-order valence-corrected chi connectivity index (χ3v) is 5.57. The number of carbonyl (C=O) groups excluding carboxylic acids is 2. The van der Waals surface area contributed by atoms with Crippen LogP contribution in [0.25, 0.3) is 5.70 Å². The average molecular weight is 585 g/mol. The Labute approximate surface area is 240 Å². The molecule has 11 nitrogen and oxygen atoms in total. The molecule has 3 aromatic rings. The van der Waals surface area contributed by atoms with Gasteiger partial charge in [0.1, 0.15) is 5.69 Å². The number of pyridine rings is 1. The van der Waals surface area contributed by atoms with Gasteiger partial charge in [-0.15, -0.1) is 5.10 Å². The maximum atomic E-state index is 13.0. The van der Waals surface area contributed by atoms with Gasteiger partial charge in [0.25, 0.3) is 11.8 Å². The number of anilines is 1. The summed E-state index contributed by atoms with van der Waals surface area (Å²) in [5.41, 5.74) is 5.36. The van der Waals surface area contributed by atoms with Crippen LogP contribution in [-0.4, -0.2) is 65.4 Å². The summed E-state index contributed by atoms with van der Waals surface area (Å²) in [7, 11) is 2.98. The summed E-state index contributed by atoms with van der Waals surface area (Å²) in [5, 5.41) is 21.4. The largest absolute Gasteiger partial charge is 0.418 e. The molecule has 5 N–H and O–H groups in total. The molecule has 2 heterocycles. The lowest BCUT2D eigenvalue weighted by molar-refractivity contribution is -0.137. The van der Waals surface area contributed by atoms with Crippen molar-refractivity contribution in [3.8, 4) is 0 Å². The SMILES string of the molecule is C=NC(=N/C(=C\[C@H](C)CO)c1ccnc(C(=O)NC)c1)c1cc(NC(=O)c2cc(C(F)(F)F)cnn2)ccc1C.CN. The number of hydrogen-bond acceptors (Lipinski definition) is 8. The van der Waals surface area contributed by atoms with Crippen LogP contribution in [0.3, 0.4) is 0 Å². The molecule has 0 saturated heterocycles. The lowest BCUT2D eigenvalue weighted by atomic mass is 10.0. The standard InChI is InChI=1S/C27H26F3N7O3.CH5N/c1-15(14-38)9-21(17-7-8-33-22(10-17)25(39)32-4)36-24(31-3)20-12-19(6-5-16(20)2)35-26(40)23-11-18(13-34-37-23)27(28,29)30;1-2/h5-13,15,38H,3,14H2,1-2,4H3,(H,32,39)(H,35,40);2H2,1H3/b21-9-,36-24?;/t15-;/m0./s1. The summed E-state index contributed by atoms with van der Waals surface area (Å²) >= 11 is 0. The number of amidine groups is 1. The monoisotopic (exact) mass is 584 g/mol. The highest BCUT2D eigenvalue weighted by atomic mass is 19.4. The molecule has 42 heavy (non-hydrogen) atoms. The Morgan fingerprint density at radius 1 is 1.14 bits per heavy atom. The van der Waals surface area contributed by atoms with Gasteiger partial charge in [0.2, 0.25) is 0 Å². The highest BCUT2D eigenvalue weighted by Crippen LogP contribution is 2.29.